The second kappa shape index (κ2) is 10.2. The van der Waals surface area contributed by atoms with Crippen molar-refractivity contribution in [3.63, 3.8) is 0 Å². The van der Waals surface area contributed by atoms with Crippen LogP contribution >= 0.6 is 0 Å². The third kappa shape index (κ3) is 5.04. The summed E-state index contributed by atoms with van der Waals surface area (Å²) in [6, 6.07) is 22.9. The van der Waals surface area contributed by atoms with E-state index in [0.717, 1.165) is 23.3 Å². The summed E-state index contributed by atoms with van der Waals surface area (Å²) in [7, 11) is 0. The summed E-state index contributed by atoms with van der Waals surface area (Å²) in [5.41, 5.74) is 1.58. The van der Waals surface area contributed by atoms with Crippen molar-refractivity contribution in [3.05, 3.63) is 129 Å². The molecule has 194 valence electrons. The zero-order valence-corrected chi connectivity index (χ0v) is 20.5. The predicted octanol–water partition coefficient (Wildman–Crippen LogP) is 5.77. The Morgan fingerprint density at radius 2 is 1.58 bits per heavy atom. The molecule has 1 amide bonds. The van der Waals surface area contributed by atoms with Crippen LogP contribution < -0.4 is 10.3 Å². The highest BCUT2D eigenvalue weighted by molar-refractivity contribution is 5.71. The fraction of sp³-hybridized carbons (Fsp3) is 0.207. The number of hydrogen-bond donors (Lipinski definition) is 0. The van der Waals surface area contributed by atoms with Crippen LogP contribution in [0.4, 0.5) is 18.0 Å². The van der Waals surface area contributed by atoms with Gasteiger partial charge in [-0.1, -0.05) is 66.7 Å². The van der Waals surface area contributed by atoms with E-state index in [-0.39, 0.29) is 24.4 Å². The van der Waals surface area contributed by atoms with Crippen molar-refractivity contribution in [1.29, 1.82) is 0 Å². The molecular weight excluding hydrogens is 495 g/mol. The SMILES string of the molecule is Cc1nc2c(c(=O)n1C(c1ccccc1)c1ccccc1)CN(C(=O)Oc1cccc(C(F)(F)F)c1)CC2. The topological polar surface area (TPSA) is 64.4 Å². The first-order valence-electron chi connectivity index (χ1n) is 12.1. The summed E-state index contributed by atoms with van der Waals surface area (Å²) in [4.78, 5) is 32.8. The molecule has 0 saturated heterocycles. The number of fused-ring (bicyclic) bond motifs is 1. The molecule has 0 atom stereocenters. The minimum absolute atomic E-state index is 0.0600. The number of halogens is 3. The van der Waals surface area contributed by atoms with Crippen LogP contribution in [0.5, 0.6) is 5.75 Å². The molecule has 9 heteroatoms. The van der Waals surface area contributed by atoms with Gasteiger partial charge in [0.05, 0.1) is 29.4 Å². The van der Waals surface area contributed by atoms with Gasteiger partial charge in [-0.2, -0.15) is 13.2 Å². The van der Waals surface area contributed by atoms with E-state index in [0.29, 0.717) is 23.5 Å². The molecule has 0 bridgehead atoms. The Morgan fingerprint density at radius 1 is 0.947 bits per heavy atom. The first-order valence-corrected chi connectivity index (χ1v) is 12.1. The number of ether oxygens (including phenoxy) is 1. The Hall–Kier alpha value is -4.40. The van der Waals surface area contributed by atoms with Gasteiger partial charge in [-0.25, -0.2) is 9.78 Å². The van der Waals surface area contributed by atoms with Crippen molar-refractivity contribution in [3.8, 4) is 5.75 Å². The Balaban J connectivity index is 1.48. The molecule has 3 aromatic carbocycles. The molecule has 1 aliphatic heterocycles. The van der Waals surface area contributed by atoms with Gasteiger partial charge in [0.1, 0.15) is 11.6 Å². The molecule has 0 fully saturated rings. The van der Waals surface area contributed by atoms with Crippen LogP contribution in [0.15, 0.2) is 89.7 Å². The predicted molar refractivity (Wildman–Crippen MR) is 135 cm³/mol. The van der Waals surface area contributed by atoms with Crippen LogP contribution in [0.1, 0.15) is 39.8 Å². The van der Waals surface area contributed by atoms with Crippen LogP contribution in [-0.2, 0) is 19.1 Å². The third-order valence-electron chi connectivity index (χ3n) is 6.55. The van der Waals surface area contributed by atoms with Crippen molar-refractivity contribution in [1.82, 2.24) is 14.5 Å². The maximum atomic E-state index is 13.9. The minimum Gasteiger partial charge on any atom is -0.410 e. The summed E-state index contributed by atoms with van der Waals surface area (Å²) >= 11 is 0. The second-order valence-corrected chi connectivity index (χ2v) is 9.05. The van der Waals surface area contributed by atoms with Crippen molar-refractivity contribution in [2.45, 2.75) is 32.1 Å². The van der Waals surface area contributed by atoms with Crippen LogP contribution in [0.2, 0.25) is 0 Å². The number of benzene rings is 3. The average molecular weight is 520 g/mol. The molecule has 0 spiro atoms. The van der Waals surface area contributed by atoms with Gasteiger partial charge >= 0.3 is 12.3 Å². The maximum Gasteiger partial charge on any atom is 0.416 e. The van der Waals surface area contributed by atoms with E-state index in [2.05, 4.69) is 0 Å². The lowest BCUT2D eigenvalue weighted by Crippen LogP contribution is -2.43. The molecule has 0 saturated carbocycles. The molecule has 4 aromatic rings. The molecule has 2 heterocycles. The molecule has 1 aliphatic rings. The largest absolute Gasteiger partial charge is 0.416 e. The lowest BCUT2D eigenvalue weighted by molar-refractivity contribution is -0.137. The Bertz CT molecular complexity index is 1480. The first-order chi connectivity index (χ1) is 18.2. The number of aromatic nitrogens is 2. The molecule has 38 heavy (non-hydrogen) atoms. The Labute approximate surface area is 216 Å². The highest BCUT2D eigenvalue weighted by Crippen LogP contribution is 2.32. The summed E-state index contributed by atoms with van der Waals surface area (Å²) in [5, 5.41) is 0. The zero-order valence-electron chi connectivity index (χ0n) is 20.5. The molecular formula is C29H24F3N3O3. The van der Waals surface area contributed by atoms with Crippen LogP contribution in [0.25, 0.3) is 0 Å². The van der Waals surface area contributed by atoms with Gasteiger partial charge in [-0.3, -0.25) is 9.36 Å². The van der Waals surface area contributed by atoms with Gasteiger partial charge in [-0.15, -0.1) is 0 Å². The van der Waals surface area contributed by atoms with E-state index in [1.54, 1.807) is 11.5 Å². The first kappa shape index (κ1) is 25.3. The van der Waals surface area contributed by atoms with E-state index in [1.807, 2.05) is 60.7 Å². The number of alkyl halides is 3. The normalized spacial score (nSPS) is 13.3. The molecule has 0 N–H and O–H groups in total. The molecule has 0 radical (unpaired) electrons. The number of aryl methyl sites for hydroxylation is 1. The van der Waals surface area contributed by atoms with Crippen molar-refractivity contribution in [2.24, 2.45) is 0 Å². The minimum atomic E-state index is -4.56. The van der Waals surface area contributed by atoms with E-state index < -0.39 is 23.9 Å². The van der Waals surface area contributed by atoms with Gasteiger partial charge in [0, 0.05) is 13.0 Å². The zero-order chi connectivity index (χ0) is 26.9. The van der Waals surface area contributed by atoms with Gasteiger partial charge < -0.3 is 9.64 Å². The smallest absolute Gasteiger partial charge is 0.410 e. The molecule has 0 unspecified atom stereocenters. The van der Waals surface area contributed by atoms with Gasteiger partial charge in [0.15, 0.2) is 0 Å². The number of hydrogen-bond acceptors (Lipinski definition) is 4. The quantitative estimate of drug-likeness (QED) is 0.344. The van der Waals surface area contributed by atoms with Crippen LogP contribution in [0.3, 0.4) is 0 Å². The third-order valence-corrected chi connectivity index (χ3v) is 6.55. The number of carbonyl (C=O) groups excluding carboxylic acids is 1. The van der Waals surface area contributed by atoms with E-state index in [4.69, 9.17) is 9.72 Å². The standard InChI is InChI=1S/C29H24F3N3O3/c1-19-33-25-15-16-34(28(37)38-23-14-8-13-22(17-23)29(30,31)32)18-24(25)27(36)35(19)26(20-9-4-2-5-10-20)21-11-6-3-7-12-21/h2-14,17,26H,15-16,18H2,1H3. The highest BCUT2D eigenvalue weighted by Gasteiger charge is 2.32. The lowest BCUT2D eigenvalue weighted by atomic mass is 9.97. The van der Waals surface area contributed by atoms with E-state index in [9.17, 15) is 22.8 Å². The molecule has 6 nitrogen and oxygen atoms in total. The fourth-order valence-electron chi connectivity index (χ4n) is 4.73. The summed E-state index contributed by atoms with van der Waals surface area (Å²) in [6.45, 7) is 1.95. The number of rotatable bonds is 4. The second-order valence-electron chi connectivity index (χ2n) is 9.05. The van der Waals surface area contributed by atoms with Crippen molar-refractivity contribution >= 4 is 6.09 Å². The fourth-order valence-corrected chi connectivity index (χ4v) is 4.73. The Morgan fingerprint density at radius 3 is 2.18 bits per heavy atom. The number of carbonyl (C=O) groups is 1. The summed E-state index contributed by atoms with van der Waals surface area (Å²) in [5.74, 6) is 0.328. The van der Waals surface area contributed by atoms with E-state index in [1.165, 1.54) is 17.0 Å². The highest BCUT2D eigenvalue weighted by atomic mass is 19.4. The van der Waals surface area contributed by atoms with Gasteiger partial charge in [0.25, 0.3) is 5.56 Å². The van der Waals surface area contributed by atoms with Crippen LogP contribution in [0, 0.1) is 6.92 Å². The average Bonchev–Trinajstić information content (AvgIpc) is 2.91. The molecule has 1 aromatic heterocycles. The van der Waals surface area contributed by atoms with Crippen molar-refractivity contribution in [2.75, 3.05) is 6.54 Å². The summed E-state index contributed by atoms with van der Waals surface area (Å²) in [6.07, 6.45) is -5.07. The number of amides is 1. The molecule has 0 aliphatic carbocycles. The Kier molecular flexibility index (Phi) is 6.75. The van der Waals surface area contributed by atoms with Gasteiger partial charge in [0.2, 0.25) is 0 Å². The van der Waals surface area contributed by atoms with Gasteiger partial charge in [-0.05, 0) is 36.2 Å². The van der Waals surface area contributed by atoms with Crippen molar-refractivity contribution < 1.29 is 22.7 Å². The van der Waals surface area contributed by atoms with E-state index >= 15 is 0 Å². The summed E-state index contributed by atoms with van der Waals surface area (Å²) < 4.78 is 46.0. The lowest BCUT2D eigenvalue weighted by Gasteiger charge is -2.30. The number of nitrogens with zero attached hydrogens (tertiary/aromatic N) is 3. The maximum absolute atomic E-state index is 13.9. The van der Waals surface area contributed by atoms with Crippen LogP contribution in [-0.4, -0.2) is 27.1 Å². The molecule has 5 rings (SSSR count). The monoisotopic (exact) mass is 519 g/mol.